The van der Waals surface area contributed by atoms with E-state index in [0.717, 1.165) is 6.42 Å². The Morgan fingerprint density at radius 1 is 1.54 bits per heavy atom. The molecule has 1 heterocycles. The first-order chi connectivity index (χ1) is 5.95. The minimum Gasteiger partial charge on any atom is -0.371 e. The van der Waals surface area contributed by atoms with E-state index in [4.69, 9.17) is 9.88 Å². The topological polar surface area (TPSA) is 69.4 Å². The molecule has 2 N–H and O–H groups in total. The van der Waals surface area contributed by atoms with Gasteiger partial charge in [0.2, 0.25) is 10.0 Å². The van der Waals surface area contributed by atoms with Gasteiger partial charge in [-0.3, -0.25) is 0 Å². The second-order valence-electron chi connectivity index (χ2n) is 4.57. The number of nitrogens with two attached hydrogens (primary N) is 1. The molecule has 1 aliphatic heterocycles. The lowest BCUT2D eigenvalue weighted by molar-refractivity contribution is -0.187. The zero-order valence-electron chi connectivity index (χ0n) is 7.43. The fourth-order valence-corrected chi connectivity index (χ4v) is 4.73. The van der Waals surface area contributed by atoms with Crippen molar-refractivity contribution in [1.82, 2.24) is 0 Å². The monoisotopic (exact) mass is 203 g/mol. The summed E-state index contributed by atoms with van der Waals surface area (Å²) in [6.45, 7) is 1.94. The number of hydrogen-bond donors (Lipinski definition) is 1. The third kappa shape index (κ3) is 0.806. The molecule has 2 saturated carbocycles. The van der Waals surface area contributed by atoms with Crippen molar-refractivity contribution in [3.05, 3.63) is 0 Å². The van der Waals surface area contributed by atoms with Crippen LogP contribution in [0, 0.1) is 11.8 Å². The smallest absolute Gasteiger partial charge is 0.212 e. The quantitative estimate of drug-likeness (QED) is 0.644. The molecule has 74 valence electrons. The van der Waals surface area contributed by atoms with E-state index < -0.39 is 10.0 Å². The molecule has 3 rings (SSSR count). The maximum atomic E-state index is 11.3. The predicted molar refractivity (Wildman–Crippen MR) is 46.4 cm³/mol. The van der Waals surface area contributed by atoms with E-state index in [0.29, 0.717) is 12.3 Å². The Hall–Kier alpha value is -0.130. The first kappa shape index (κ1) is 8.20. The molecule has 1 spiro atoms. The maximum absolute atomic E-state index is 11.3. The molecule has 5 atom stereocenters. The summed E-state index contributed by atoms with van der Waals surface area (Å²) in [7, 11) is -3.35. The van der Waals surface area contributed by atoms with E-state index in [9.17, 15) is 8.42 Å². The molecule has 2 aliphatic carbocycles. The van der Waals surface area contributed by atoms with Crippen LogP contribution in [0.15, 0.2) is 0 Å². The minimum absolute atomic E-state index is 0.0590. The van der Waals surface area contributed by atoms with Crippen LogP contribution in [-0.2, 0) is 14.8 Å². The molecule has 3 fully saturated rings. The number of primary sulfonamides is 1. The van der Waals surface area contributed by atoms with Gasteiger partial charge < -0.3 is 4.74 Å². The Bertz CT molecular complexity index is 366. The summed E-state index contributed by atoms with van der Waals surface area (Å²) >= 11 is 0. The highest BCUT2D eigenvalue weighted by atomic mass is 32.2. The molecular weight excluding hydrogens is 190 g/mol. The number of ether oxygens (including phenoxy) is 1. The fraction of sp³-hybridized carbons (Fsp3) is 1.00. The first-order valence-corrected chi connectivity index (χ1v) is 6.25. The molecule has 0 radical (unpaired) electrons. The molecule has 1 saturated heterocycles. The average Bonchev–Trinajstić information content (AvgIpc) is 2.57. The third-order valence-corrected chi connectivity index (χ3v) is 5.24. The number of hydrogen-bond acceptors (Lipinski definition) is 3. The molecule has 4 unspecified atom stereocenters. The Balaban J connectivity index is 1.95. The Morgan fingerprint density at radius 2 is 2.23 bits per heavy atom. The van der Waals surface area contributed by atoms with Gasteiger partial charge in [-0.25, -0.2) is 13.6 Å². The van der Waals surface area contributed by atoms with Crippen LogP contribution in [0.1, 0.15) is 19.8 Å². The van der Waals surface area contributed by atoms with E-state index in [1.807, 2.05) is 6.92 Å². The molecule has 13 heavy (non-hydrogen) atoms. The van der Waals surface area contributed by atoms with Gasteiger partial charge in [-0.1, -0.05) is 0 Å². The molecule has 5 heteroatoms. The van der Waals surface area contributed by atoms with Crippen LogP contribution in [-0.4, -0.2) is 25.4 Å². The van der Waals surface area contributed by atoms with Crippen molar-refractivity contribution < 1.29 is 13.2 Å². The van der Waals surface area contributed by atoms with Crippen molar-refractivity contribution >= 4 is 10.0 Å². The molecule has 0 amide bonds. The zero-order valence-corrected chi connectivity index (χ0v) is 8.25. The van der Waals surface area contributed by atoms with Gasteiger partial charge in [0.05, 0.1) is 17.0 Å². The lowest BCUT2D eigenvalue weighted by atomic mass is 9.88. The minimum atomic E-state index is -3.35. The van der Waals surface area contributed by atoms with Crippen LogP contribution in [0.5, 0.6) is 0 Å². The fourth-order valence-electron chi connectivity index (χ4n) is 3.37. The molecule has 0 aromatic heterocycles. The van der Waals surface area contributed by atoms with Gasteiger partial charge >= 0.3 is 0 Å². The van der Waals surface area contributed by atoms with Crippen molar-refractivity contribution in [3.63, 3.8) is 0 Å². The summed E-state index contributed by atoms with van der Waals surface area (Å²) in [4.78, 5) is 0. The van der Waals surface area contributed by atoms with Crippen molar-refractivity contribution in [1.29, 1.82) is 0 Å². The van der Waals surface area contributed by atoms with E-state index in [2.05, 4.69) is 0 Å². The van der Waals surface area contributed by atoms with Gasteiger partial charge in [0.15, 0.2) is 0 Å². The van der Waals surface area contributed by atoms with Crippen LogP contribution in [0.2, 0.25) is 0 Å². The summed E-state index contributed by atoms with van der Waals surface area (Å²) in [5.41, 5.74) is -0.0590. The van der Waals surface area contributed by atoms with Crippen LogP contribution in [0.25, 0.3) is 0 Å². The molecule has 0 aromatic carbocycles. The third-order valence-electron chi connectivity index (χ3n) is 3.91. The van der Waals surface area contributed by atoms with Crippen molar-refractivity contribution in [2.75, 3.05) is 0 Å². The van der Waals surface area contributed by atoms with Crippen LogP contribution < -0.4 is 5.14 Å². The summed E-state index contributed by atoms with van der Waals surface area (Å²) < 4.78 is 28.1. The van der Waals surface area contributed by atoms with Crippen molar-refractivity contribution in [3.8, 4) is 0 Å². The van der Waals surface area contributed by atoms with Gasteiger partial charge in [-0.2, -0.15) is 0 Å². The molecule has 4 nitrogen and oxygen atoms in total. The number of sulfonamides is 1. The van der Waals surface area contributed by atoms with Gasteiger partial charge in [-0.15, -0.1) is 0 Å². The lowest BCUT2D eigenvalue weighted by Gasteiger charge is -2.44. The van der Waals surface area contributed by atoms with Crippen LogP contribution in [0.4, 0.5) is 0 Å². The number of rotatable bonds is 1. The summed E-state index contributed by atoms with van der Waals surface area (Å²) in [5, 5.41) is 4.85. The molecule has 3 aliphatic rings. The lowest BCUT2D eigenvalue weighted by Crippen LogP contribution is -2.55. The zero-order chi connectivity index (χ0) is 9.43. The highest BCUT2D eigenvalue weighted by Crippen LogP contribution is 2.70. The normalized spacial score (nSPS) is 58.0. The van der Waals surface area contributed by atoms with E-state index >= 15 is 0 Å². The van der Waals surface area contributed by atoms with E-state index in [1.165, 1.54) is 0 Å². The summed E-state index contributed by atoms with van der Waals surface area (Å²) in [5.74, 6) is 0.643. The molecule has 0 bridgehead atoms. The van der Waals surface area contributed by atoms with Crippen LogP contribution >= 0.6 is 0 Å². The Kier molecular flexibility index (Phi) is 1.23. The van der Waals surface area contributed by atoms with Crippen molar-refractivity contribution in [2.24, 2.45) is 17.0 Å². The summed E-state index contributed by atoms with van der Waals surface area (Å²) in [6, 6.07) is 0. The van der Waals surface area contributed by atoms with Gasteiger partial charge in [-0.05, 0) is 25.7 Å². The second-order valence-corrected chi connectivity index (χ2v) is 6.35. The predicted octanol–water partition coefficient (Wildman–Crippen LogP) is -0.159. The van der Waals surface area contributed by atoms with E-state index in [1.54, 1.807) is 0 Å². The maximum Gasteiger partial charge on any atom is 0.212 e. The first-order valence-electron chi connectivity index (χ1n) is 4.64. The highest BCUT2D eigenvalue weighted by molar-refractivity contribution is 7.89. The van der Waals surface area contributed by atoms with E-state index in [-0.39, 0.29) is 22.9 Å². The summed E-state index contributed by atoms with van der Waals surface area (Å²) in [6.07, 6.45) is 1.85. The van der Waals surface area contributed by atoms with Gasteiger partial charge in [0.1, 0.15) is 0 Å². The average molecular weight is 203 g/mol. The standard InChI is InChI=1S/C8H13NO3S/c1-4-7-6(13(9,10)11)2-5-3-8(5,7)12-4/h4-7H,2-3H2,1H3,(H2,9,10,11)/t4?,5?,6?,7?,8-/m0/s1. The SMILES string of the molecule is CC1O[C@@]23CC2CC(S(N)(=O)=O)C13. The van der Waals surface area contributed by atoms with Gasteiger partial charge in [0, 0.05) is 5.92 Å². The molecule has 0 aromatic rings. The second kappa shape index (κ2) is 1.94. The Morgan fingerprint density at radius 3 is 2.69 bits per heavy atom. The van der Waals surface area contributed by atoms with Crippen molar-refractivity contribution in [2.45, 2.75) is 36.7 Å². The highest BCUT2D eigenvalue weighted by Gasteiger charge is 2.77. The van der Waals surface area contributed by atoms with Gasteiger partial charge in [0.25, 0.3) is 0 Å². The van der Waals surface area contributed by atoms with Crippen LogP contribution in [0.3, 0.4) is 0 Å². The largest absolute Gasteiger partial charge is 0.371 e. The molecular formula is C8H13NO3S. The Labute approximate surface area is 77.5 Å².